The highest BCUT2D eigenvalue weighted by Gasteiger charge is 2.23. The van der Waals surface area contributed by atoms with E-state index in [9.17, 15) is 19.2 Å². The highest BCUT2D eigenvalue weighted by molar-refractivity contribution is 5.93. The lowest BCUT2D eigenvalue weighted by molar-refractivity contribution is -0.117. The number of hydrogen-bond donors (Lipinski definition) is 3. The number of nitrogens with one attached hydrogen (secondary N) is 2. The van der Waals surface area contributed by atoms with E-state index in [1.807, 2.05) is 4.90 Å². The van der Waals surface area contributed by atoms with Gasteiger partial charge in [-0.2, -0.15) is 0 Å². The maximum atomic E-state index is 13.0. The number of aromatic nitrogens is 2. The van der Waals surface area contributed by atoms with Gasteiger partial charge >= 0.3 is 5.69 Å². The molecular weight excluding hydrogens is 388 g/mol. The smallest absolute Gasteiger partial charge is 0.332 e. The number of amides is 2. The number of carbonyl (C=O) groups is 2. The Balaban J connectivity index is 1.86. The second-order valence-corrected chi connectivity index (χ2v) is 7.32. The van der Waals surface area contributed by atoms with E-state index in [0.717, 1.165) is 23.8 Å². The molecule has 30 heavy (non-hydrogen) atoms. The van der Waals surface area contributed by atoms with Crippen LogP contribution in [0.15, 0.2) is 33.9 Å². The van der Waals surface area contributed by atoms with Gasteiger partial charge in [0.2, 0.25) is 11.8 Å². The van der Waals surface area contributed by atoms with Gasteiger partial charge in [0.1, 0.15) is 18.1 Å². The minimum absolute atomic E-state index is 0.103. The highest BCUT2D eigenvalue weighted by atomic mass is 16.2. The van der Waals surface area contributed by atoms with Crippen molar-refractivity contribution < 1.29 is 9.59 Å². The van der Waals surface area contributed by atoms with Crippen LogP contribution in [0.3, 0.4) is 0 Å². The van der Waals surface area contributed by atoms with Crippen LogP contribution in [0.25, 0.3) is 0 Å². The van der Waals surface area contributed by atoms with E-state index in [1.54, 1.807) is 24.3 Å². The molecule has 0 spiro atoms. The van der Waals surface area contributed by atoms with Crippen molar-refractivity contribution in [3.63, 3.8) is 0 Å². The van der Waals surface area contributed by atoms with E-state index in [2.05, 4.69) is 10.6 Å². The van der Waals surface area contributed by atoms with Crippen LogP contribution in [0.4, 0.5) is 22.9 Å². The summed E-state index contributed by atoms with van der Waals surface area (Å²) in [5, 5.41) is 5.27. The van der Waals surface area contributed by atoms with E-state index in [-0.39, 0.29) is 17.4 Å². The molecule has 0 radical (unpaired) electrons. The molecule has 1 aliphatic rings. The SMILES string of the molecule is CC(=O)Nc1cccc(NC(=O)Cn2c(=O)c(N3CCCCC3)c(N)n(C)c2=O)c1. The second-order valence-electron chi connectivity index (χ2n) is 7.32. The lowest BCUT2D eigenvalue weighted by atomic mass is 10.1. The lowest BCUT2D eigenvalue weighted by Gasteiger charge is -2.29. The van der Waals surface area contributed by atoms with Gasteiger partial charge in [-0.25, -0.2) is 9.36 Å². The highest BCUT2D eigenvalue weighted by Crippen LogP contribution is 2.21. The Morgan fingerprint density at radius 1 is 1.07 bits per heavy atom. The number of carbonyl (C=O) groups excluding carboxylic acids is 2. The first kappa shape index (κ1) is 21.2. The number of nitrogens with zero attached hydrogens (tertiary/aromatic N) is 3. The zero-order valence-corrected chi connectivity index (χ0v) is 17.1. The summed E-state index contributed by atoms with van der Waals surface area (Å²) in [6.07, 6.45) is 2.95. The van der Waals surface area contributed by atoms with E-state index in [4.69, 9.17) is 5.73 Å². The number of rotatable bonds is 5. The summed E-state index contributed by atoms with van der Waals surface area (Å²) in [6, 6.07) is 6.58. The average Bonchev–Trinajstić information content (AvgIpc) is 2.70. The summed E-state index contributed by atoms with van der Waals surface area (Å²) in [5.74, 6) is -0.671. The molecule has 2 heterocycles. The zero-order chi connectivity index (χ0) is 21.8. The number of piperidine rings is 1. The first-order chi connectivity index (χ1) is 14.3. The molecule has 10 nitrogen and oxygen atoms in total. The van der Waals surface area contributed by atoms with Gasteiger partial charge in [0.25, 0.3) is 5.56 Å². The molecule has 1 aliphatic heterocycles. The fraction of sp³-hybridized carbons (Fsp3) is 0.400. The Bertz CT molecular complexity index is 1080. The van der Waals surface area contributed by atoms with E-state index >= 15 is 0 Å². The summed E-state index contributed by atoms with van der Waals surface area (Å²) in [7, 11) is 1.48. The van der Waals surface area contributed by atoms with Gasteiger partial charge in [0.05, 0.1) is 0 Å². The van der Waals surface area contributed by atoms with Gasteiger partial charge in [0.15, 0.2) is 0 Å². The molecule has 3 rings (SSSR count). The largest absolute Gasteiger partial charge is 0.383 e. The van der Waals surface area contributed by atoms with Crippen molar-refractivity contribution in [2.45, 2.75) is 32.7 Å². The number of nitrogen functional groups attached to an aromatic ring is 1. The van der Waals surface area contributed by atoms with E-state index in [0.29, 0.717) is 24.5 Å². The molecular formula is C20H26N6O4. The Labute approximate surface area is 173 Å². The Hall–Kier alpha value is -3.56. The van der Waals surface area contributed by atoms with Crippen molar-refractivity contribution in [3.05, 3.63) is 45.1 Å². The molecule has 1 saturated heterocycles. The molecule has 10 heteroatoms. The number of anilines is 4. The predicted molar refractivity (Wildman–Crippen MR) is 116 cm³/mol. The topological polar surface area (TPSA) is 131 Å². The average molecular weight is 414 g/mol. The molecule has 1 fully saturated rings. The second kappa shape index (κ2) is 8.85. The van der Waals surface area contributed by atoms with Crippen molar-refractivity contribution in [1.82, 2.24) is 9.13 Å². The normalized spacial score (nSPS) is 13.7. The molecule has 160 valence electrons. The fourth-order valence-electron chi connectivity index (χ4n) is 3.54. The molecule has 2 amide bonds. The van der Waals surface area contributed by atoms with Crippen LogP contribution in [0.1, 0.15) is 26.2 Å². The van der Waals surface area contributed by atoms with Gasteiger partial charge in [0, 0.05) is 38.4 Å². The molecule has 0 atom stereocenters. The summed E-state index contributed by atoms with van der Waals surface area (Å²) in [5.41, 5.74) is 6.06. The number of benzene rings is 1. The zero-order valence-electron chi connectivity index (χ0n) is 17.1. The van der Waals surface area contributed by atoms with Crippen LogP contribution in [-0.2, 0) is 23.2 Å². The van der Waals surface area contributed by atoms with Crippen molar-refractivity contribution >= 4 is 34.7 Å². The lowest BCUT2D eigenvalue weighted by Crippen LogP contribution is -2.46. The third-order valence-corrected chi connectivity index (χ3v) is 5.01. The van der Waals surface area contributed by atoms with E-state index < -0.39 is 23.7 Å². The summed E-state index contributed by atoms with van der Waals surface area (Å²) < 4.78 is 2.09. The van der Waals surface area contributed by atoms with Crippen molar-refractivity contribution in [2.24, 2.45) is 7.05 Å². The first-order valence-corrected chi connectivity index (χ1v) is 9.79. The summed E-state index contributed by atoms with van der Waals surface area (Å²) in [6.45, 7) is 2.30. The third kappa shape index (κ3) is 4.53. The molecule has 1 aromatic carbocycles. The van der Waals surface area contributed by atoms with Gasteiger partial charge in [-0.1, -0.05) is 6.07 Å². The van der Waals surface area contributed by atoms with Crippen LogP contribution in [-0.4, -0.2) is 34.0 Å². The molecule has 0 aliphatic carbocycles. The predicted octanol–water partition coefficient (Wildman–Crippen LogP) is 0.717. The summed E-state index contributed by atoms with van der Waals surface area (Å²) in [4.78, 5) is 51.3. The van der Waals surface area contributed by atoms with Crippen molar-refractivity contribution in [2.75, 3.05) is 34.4 Å². The fourth-order valence-corrected chi connectivity index (χ4v) is 3.54. The Morgan fingerprint density at radius 2 is 1.70 bits per heavy atom. The van der Waals surface area contributed by atoms with E-state index in [1.165, 1.54) is 18.5 Å². The maximum absolute atomic E-state index is 13.0. The van der Waals surface area contributed by atoms with Crippen LogP contribution in [0.2, 0.25) is 0 Å². The quantitative estimate of drug-likeness (QED) is 0.661. The standard InChI is InChI=1S/C20H26N6O4/c1-13(27)22-14-7-6-8-15(11-14)23-16(28)12-26-19(29)17(18(21)24(2)20(26)30)25-9-4-3-5-10-25/h6-8,11H,3-5,9-10,12,21H2,1-2H3,(H,22,27)(H,23,28). The molecule has 4 N–H and O–H groups in total. The Morgan fingerprint density at radius 3 is 2.33 bits per heavy atom. The van der Waals surface area contributed by atoms with Gasteiger partial charge in [-0.3, -0.25) is 19.0 Å². The minimum Gasteiger partial charge on any atom is -0.383 e. The first-order valence-electron chi connectivity index (χ1n) is 9.79. The third-order valence-electron chi connectivity index (χ3n) is 5.01. The minimum atomic E-state index is -0.652. The van der Waals surface area contributed by atoms with Gasteiger partial charge in [-0.15, -0.1) is 0 Å². The Kier molecular flexibility index (Phi) is 6.24. The molecule has 1 aromatic heterocycles. The van der Waals surface area contributed by atoms with Crippen LogP contribution in [0, 0.1) is 0 Å². The molecule has 0 bridgehead atoms. The van der Waals surface area contributed by atoms with Crippen LogP contribution in [0.5, 0.6) is 0 Å². The monoisotopic (exact) mass is 414 g/mol. The van der Waals surface area contributed by atoms with Gasteiger partial charge < -0.3 is 21.3 Å². The van der Waals surface area contributed by atoms with Crippen LogP contribution >= 0.6 is 0 Å². The molecule has 2 aromatic rings. The summed E-state index contributed by atoms with van der Waals surface area (Å²) >= 11 is 0. The molecule has 0 unspecified atom stereocenters. The van der Waals surface area contributed by atoms with Gasteiger partial charge in [-0.05, 0) is 37.5 Å². The maximum Gasteiger partial charge on any atom is 0.332 e. The number of hydrogen-bond acceptors (Lipinski definition) is 6. The van der Waals surface area contributed by atoms with Crippen molar-refractivity contribution in [3.8, 4) is 0 Å². The number of nitrogens with two attached hydrogens (primary N) is 1. The van der Waals surface area contributed by atoms with Crippen molar-refractivity contribution in [1.29, 1.82) is 0 Å². The molecule has 0 saturated carbocycles. The van der Waals surface area contributed by atoms with Crippen LogP contribution < -0.4 is 32.5 Å².